The van der Waals surface area contributed by atoms with Gasteiger partial charge in [0.2, 0.25) is 0 Å². The maximum Gasteiger partial charge on any atom is 0.257 e. The summed E-state index contributed by atoms with van der Waals surface area (Å²) < 4.78 is 11.0. The van der Waals surface area contributed by atoms with Gasteiger partial charge >= 0.3 is 0 Å². The molecule has 0 bridgehead atoms. The molecule has 1 aromatic carbocycles. The van der Waals surface area contributed by atoms with Gasteiger partial charge in [-0.25, -0.2) is 0 Å². The largest absolute Gasteiger partial charge is 0.496 e. The lowest BCUT2D eigenvalue weighted by molar-refractivity contribution is 0.0720. The Balaban J connectivity index is 1.92. The average Bonchev–Trinajstić information content (AvgIpc) is 2.53. The molecule has 2 heterocycles. The van der Waals surface area contributed by atoms with Gasteiger partial charge in [-0.3, -0.25) is 4.79 Å². The molecule has 2 aliphatic rings. The lowest BCUT2D eigenvalue weighted by atomic mass is 10.1. The standard InChI is InChI=1S/C15H20N2O3/c1-19-13-10-12-14(20-8-5-16-12)9-11(13)15(18)17-6-3-2-4-7-17/h9-10,16H,2-8H2,1H3. The summed E-state index contributed by atoms with van der Waals surface area (Å²) in [6.07, 6.45) is 3.37. The number of rotatable bonds is 2. The lowest BCUT2D eigenvalue weighted by Crippen LogP contribution is -2.35. The van der Waals surface area contributed by atoms with Crippen molar-refractivity contribution in [3.05, 3.63) is 17.7 Å². The first-order valence-electron chi connectivity index (χ1n) is 7.17. The first kappa shape index (κ1) is 13.1. The van der Waals surface area contributed by atoms with Crippen LogP contribution >= 0.6 is 0 Å². The van der Waals surface area contributed by atoms with Crippen molar-refractivity contribution in [1.29, 1.82) is 0 Å². The predicted octanol–water partition coefficient (Wildman–Crippen LogP) is 2.13. The Morgan fingerprint density at radius 2 is 2.10 bits per heavy atom. The van der Waals surface area contributed by atoms with Crippen molar-refractivity contribution in [2.75, 3.05) is 38.7 Å². The van der Waals surface area contributed by atoms with Crippen molar-refractivity contribution in [3.8, 4) is 11.5 Å². The molecule has 0 spiro atoms. The minimum atomic E-state index is 0.0403. The maximum atomic E-state index is 12.6. The summed E-state index contributed by atoms with van der Waals surface area (Å²) in [5.41, 5.74) is 1.49. The van der Waals surface area contributed by atoms with E-state index in [-0.39, 0.29) is 5.91 Å². The number of likely N-dealkylation sites (tertiary alicyclic amines) is 1. The number of piperidine rings is 1. The molecule has 1 fully saturated rings. The number of ether oxygens (including phenoxy) is 2. The lowest BCUT2D eigenvalue weighted by Gasteiger charge is -2.28. The Bertz CT molecular complexity index is 510. The van der Waals surface area contributed by atoms with Crippen LogP contribution in [0, 0.1) is 0 Å². The highest BCUT2D eigenvalue weighted by molar-refractivity contribution is 5.98. The number of anilines is 1. The molecule has 0 atom stereocenters. The van der Waals surface area contributed by atoms with Gasteiger partial charge in [0.05, 0.1) is 18.4 Å². The number of benzene rings is 1. The van der Waals surface area contributed by atoms with Gasteiger partial charge in [-0.1, -0.05) is 0 Å². The van der Waals surface area contributed by atoms with Crippen molar-refractivity contribution in [3.63, 3.8) is 0 Å². The number of fused-ring (bicyclic) bond motifs is 1. The first-order valence-corrected chi connectivity index (χ1v) is 7.17. The highest BCUT2D eigenvalue weighted by atomic mass is 16.5. The molecule has 1 N–H and O–H groups in total. The molecule has 0 aliphatic carbocycles. The van der Waals surface area contributed by atoms with Crippen molar-refractivity contribution in [1.82, 2.24) is 4.90 Å². The molecule has 0 saturated carbocycles. The zero-order valence-corrected chi connectivity index (χ0v) is 11.8. The van der Waals surface area contributed by atoms with Crippen LogP contribution in [0.1, 0.15) is 29.6 Å². The van der Waals surface area contributed by atoms with Crippen LogP contribution in [0.4, 0.5) is 5.69 Å². The summed E-state index contributed by atoms with van der Waals surface area (Å²) >= 11 is 0. The Morgan fingerprint density at radius 3 is 2.85 bits per heavy atom. The van der Waals surface area contributed by atoms with E-state index in [0.717, 1.165) is 43.9 Å². The van der Waals surface area contributed by atoms with E-state index >= 15 is 0 Å². The summed E-state index contributed by atoms with van der Waals surface area (Å²) in [7, 11) is 1.60. The fourth-order valence-electron chi connectivity index (χ4n) is 2.77. The molecular weight excluding hydrogens is 256 g/mol. The van der Waals surface area contributed by atoms with Gasteiger partial charge in [-0.15, -0.1) is 0 Å². The smallest absolute Gasteiger partial charge is 0.257 e. The molecular formula is C15H20N2O3. The van der Waals surface area contributed by atoms with Gasteiger partial charge in [0.15, 0.2) is 0 Å². The SMILES string of the molecule is COc1cc2c(cc1C(=O)N1CCCCC1)OCCN2. The van der Waals surface area contributed by atoms with Crippen molar-refractivity contribution >= 4 is 11.6 Å². The quantitative estimate of drug-likeness (QED) is 0.899. The second-order valence-corrected chi connectivity index (χ2v) is 5.18. The average molecular weight is 276 g/mol. The van der Waals surface area contributed by atoms with Crippen LogP contribution in [-0.4, -0.2) is 44.2 Å². The van der Waals surface area contributed by atoms with Crippen LogP contribution in [0.3, 0.4) is 0 Å². The summed E-state index contributed by atoms with van der Waals surface area (Å²) in [4.78, 5) is 14.5. The third-order valence-electron chi connectivity index (χ3n) is 3.85. The zero-order valence-electron chi connectivity index (χ0n) is 11.8. The van der Waals surface area contributed by atoms with Crippen molar-refractivity contribution in [2.24, 2.45) is 0 Å². The van der Waals surface area contributed by atoms with Gasteiger partial charge in [0.25, 0.3) is 5.91 Å². The number of hydrogen-bond donors (Lipinski definition) is 1. The van der Waals surface area contributed by atoms with Crippen molar-refractivity contribution < 1.29 is 14.3 Å². The van der Waals surface area contributed by atoms with Gasteiger partial charge in [-0.05, 0) is 25.3 Å². The molecule has 108 valence electrons. The van der Waals surface area contributed by atoms with E-state index < -0.39 is 0 Å². The number of carbonyl (C=O) groups is 1. The molecule has 2 aliphatic heterocycles. The van der Waals surface area contributed by atoms with Crippen LogP contribution < -0.4 is 14.8 Å². The number of hydrogen-bond acceptors (Lipinski definition) is 4. The Kier molecular flexibility index (Phi) is 3.67. The predicted molar refractivity (Wildman–Crippen MR) is 76.7 cm³/mol. The van der Waals surface area contributed by atoms with Crippen LogP contribution in [0.25, 0.3) is 0 Å². The molecule has 1 saturated heterocycles. The molecule has 0 unspecified atom stereocenters. The molecule has 0 aromatic heterocycles. The number of methoxy groups -OCH3 is 1. The number of amides is 1. The molecule has 20 heavy (non-hydrogen) atoms. The minimum absolute atomic E-state index is 0.0403. The monoisotopic (exact) mass is 276 g/mol. The third kappa shape index (κ3) is 2.40. The molecule has 5 nitrogen and oxygen atoms in total. The highest BCUT2D eigenvalue weighted by Gasteiger charge is 2.24. The van der Waals surface area contributed by atoms with Gasteiger partial charge < -0.3 is 19.7 Å². The summed E-state index contributed by atoms with van der Waals surface area (Å²) in [6.45, 7) is 3.06. The van der Waals surface area contributed by atoms with E-state index in [1.54, 1.807) is 13.2 Å². The first-order chi connectivity index (χ1) is 9.79. The summed E-state index contributed by atoms with van der Waals surface area (Å²) in [6, 6.07) is 3.66. The summed E-state index contributed by atoms with van der Waals surface area (Å²) in [5.74, 6) is 1.38. The molecule has 1 aromatic rings. The molecule has 5 heteroatoms. The highest BCUT2D eigenvalue weighted by Crippen LogP contribution is 2.35. The summed E-state index contributed by atoms with van der Waals surface area (Å²) in [5, 5.41) is 3.25. The Hall–Kier alpha value is -1.91. The van der Waals surface area contributed by atoms with Crippen LogP contribution in [0.2, 0.25) is 0 Å². The molecule has 0 radical (unpaired) electrons. The Labute approximate surface area is 118 Å². The van der Waals surface area contributed by atoms with Crippen LogP contribution in [-0.2, 0) is 0 Å². The number of carbonyl (C=O) groups excluding carboxylic acids is 1. The van der Waals surface area contributed by atoms with Gasteiger partial charge in [-0.2, -0.15) is 0 Å². The number of nitrogens with zero attached hydrogens (tertiary/aromatic N) is 1. The fourth-order valence-corrected chi connectivity index (χ4v) is 2.77. The van der Waals surface area contributed by atoms with Gasteiger partial charge in [0, 0.05) is 25.7 Å². The van der Waals surface area contributed by atoms with E-state index in [9.17, 15) is 4.79 Å². The molecule has 3 rings (SSSR count). The molecule has 1 amide bonds. The van der Waals surface area contributed by atoms with E-state index in [1.807, 2.05) is 11.0 Å². The topological polar surface area (TPSA) is 50.8 Å². The minimum Gasteiger partial charge on any atom is -0.496 e. The zero-order chi connectivity index (χ0) is 13.9. The van der Waals surface area contributed by atoms with E-state index in [2.05, 4.69) is 5.32 Å². The normalized spacial score (nSPS) is 17.8. The van der Waals surface area contributed by atoms with Crippen molar-refractivity contribution in [2.45, 2.75) is 19.3 Å². The van der Waals surface area contributed by atoms with Gasteiger partial charge in [0.1, 0.15) is 18.1 Å². The third-order valence-corrected chi connectivity index (χ3v) is 3.85. The van der Waals surface area contributed by atoms with E-state index in [0.29, 0.717) is 17.9 Å². The van der Waals surface area contributed by atoms with E-state index in [4.69, 9.17) is 9.47 Å². The van der Waals surface area contributed by atoms with Crippen LogP contribution in [0.5, 0.6) is 11.5 Å². The van der Waals surface area contributed by atoms with Crippen LogP contribution in [0.15, 0.2) is 12.1 Å². The second kappa shape index (κ2) is 5.61. The number of nitrogens with one attached hydrogen (secondary N) is 1. The fraction of sp³-hybridized carbons (Fsp3) is 0.533. The Morgan fingerprint density at radius 1 is 1.30 bits per heavy atom. The second-order valence-electron chi connectivity index (χ2n) is 5.18. The maximum absolute atomic E-state index is 12.6. The van der Waals surface area contributed by atoms with E-state index in [1.165, 1.54) is 6.42 Å².